The van der Waals surface area contributed by atoms with Gasteiger partial charge in [0.05, 0.1) is 4.90 Å². The third-order valence-corrected chi connectivity index (χ3v) is 7.34. The fourth-order valence-electron chi connectivity index (χ4n) is 4.04. The monoisotopic (exact) mass is 398 g/mol. The van der Waals surface area contributed by atoms with E-state index in [1.54, 1.807) is 24.3 Å². The van der Waals surface area contributed by atoms with Crippen molar-refractivity contribution >= 4 is 26.7 Å². The first kappa shape index (κ1) is 18.7. The first-order valence-electron chi connectivity index (χ1n) is 9.26. The number of sulfone groups is 1. The van der Waals surface area contributed by atoms with Crippen LogP contribution in [0.3, 0.4) is 0 Å². The maximum absolute atomic E-state index is 13.4. The van der Waals surface area contributed by atoms with E-state index in [4.69, 9.17) is 0 Å². The molecule has 2 N–H and O–H groups in total. The van der Waals surface area contributed by atoms with Crippen LogP contribution in [0, 0.1) is 0 Å². The van der Waals surface area contributed by atoms with E-state index < -0.39 is 15.8 Å². The van der Waals surface area contributed by atoms with Crippen molar-refractivity contribution < 1.29 is 18.3 Å². The van der Waals surface area contributed by atoms with Crippen LogP contribution in [0.1, 0.15) is 34.8 Å². The molecule has 0 spiro atoms. The number of fused-ring (bicyclic) bond motifs is 1. The highest BCUT2D eigenvalue weighted by Crippen LogP contribution is 2.39. The van der Waals surface area contributed by atoms with Gasteiger partial charge in [-0.2, -0.15) is 0 Å². The second-order valence-corrected chi connectivity index (χ2v) is 9.18. The van der Waals surface area contributed by atoms with Crippen LogP contribution in [-0.4, -0.2) is 49.5 Å². The van der Waals surface area contributed by atoms with E-state index in [-0.39, 0.29) is 21.4 Å². The summed E-state index contributed by atoms with van der Waals surface area (Å²) in [4.78, 5) is 16.9. The number of aromatic nitrogens is 1. The van der Waals surface area contributed by atoms with Crippen LogP contribution < -0.4 is 0 Å². The van der Waals surface area contributed by atoms with Crippen LogP contribution in [0.5, 0.6) is 0 Å². The molecule has 0 atom stereocenters. The van der Waals surface area contributed by atoms with Crippen molar-refractivity contribution in [3.8, 4) is 0 Å². The lowest BCUT2D eigenvalue weighted by molar-refractivity contribution is 0.0687. The van der Waals surface area contributed by atoms with Crippen LogP contribution >= 0.6 is 0 Å². The van der Waals surface area contributed by atoms with Crippen molar-refractivity contribution in [1.82, 2.24) is 9.88 Å². The topological polar surface area (TPSA) is 90.5 Å². The Labute approximate surface area is 163 Å². The maximum Gasteiger partial charge on any atom is 0.353 e. The van der Waals surface area contributed by atoms with Gasteiger partial charge in [0.1, 0.15) is 10.6 Å². The van der Waals surface area contributed by atoms with Gasteiger partial charge in [-0.3, -0.25) is 0 Å². The molecule has 1 aromatic heterocycles. The van der Waals surface area contributed by atoms with Crippen LogP contribution in [-0.2, 0) is 9.84 Å². The molecule has 4 rings (SSSR count). The molecule has 1 saturated heterocycles. The second-order valence-electron chi connectivity index (χ2n) is 7.30. The van der Waals surface area contributed by atoms with E-state index in [2.05, 4.69) is 16.9 Å². The third kappa shape index (κ3) is 3.10. The average molecular weight is 398 g/mol. The minimum Gasteiger partial charge on any atom is -0.477 e. The number of aromatic amines is 1. The van der Waals surface area contributed by atoms with Crippen LogP contribution in [0.25, 0.3) is 10.9 Å². The zero-order valence-corrected chi connectivity index (χ0v) is 16.4. The van der Waals surface area contributed by atoms with Crippen molar-refractivity contribution in [1.29, 1.82) is 0 Å². The normalized spacial score (nSPS) is 16.5. The minimum atomic E-state index is -3.99. The van der Waals surface area contributed by atoms with Gasteiger partial charge in [-0.15, -0.1) is 0 Å². The summed E-state index contributed by atoms with van der Waals surface area (Å²) in [7, 11) is -1.92. The Kier molecular flexibility index (Phi) is 4.72. The lowest BCUT2D eigenvalue weighted by atomic mass is 9.87. The molecule has 0 radical (unpaired) electrons. The van der Waals surface area contributed by atoms with Gasteiger partial charge in [0.2, 0.25) is 9.84 Å². The summed E-state index contributed by atoms with van der Waals surface area (Å²) in [6, 6.07) is 13.5. The summed E-state index contributed by atoms with van der Waals surface area (Å²) in [5.74, 6) is -1.08. The number of rotatable bonds is 4. The molecule has 146 valence electrons. The SMILES string of the molecule is CN1CCC(c2cccc3[nH]c(C(=O)O)c(S(=O)(=O)c4ccccc4)c23)CC1. The highest BCUT2D eigenvalue weighted by Gasteiger charge is 2.32. The third-order valence-electron chi connectivity index (χ3n) is 5.50. The predicted octanol–water partition coefficient (Wildman–Crippen LogP) is 3.51. The second kappa shape index (κ2) is 7.07. The Hall–Kier alpha value is -2.64. The number of hydrogen-bond acceptors (Lipinski definition) is 4. The molecular weight excluding hydrogens is 376 g/mol. The van der Waals surface area contributed by atoms with Gasteiger partial charge < -0.3 is 15.0 Å². The molecular formula is C21H22N2O4S. The summed E-state index contributed by atoms with van der Waals surface area (Å²) in [6.45, 7) is 1.86. The summed E-state index contributed by atoms with van der Waals surface area (Å²) >= 11 is 0. The first-order valence-corrected chi connectivity index (χ1v) is 10.7. The highest BCUT2D eigenvalue weighted by molar-refractivity contribution is 7.91. The molecule has 2 heterocycles. The fraction of sp³-hybridized carbons (Fsp3) is 0.286. The molecule has 0 amide bonds. The fourth-order valence-corrected chi connectivity index (χ4v) is 5.70. The van der Waals surface area contributed by atoms with Gasteiger partial charge >= 0.3 is 5.97 Å². The number of carbonyl (C=O) groups is 1. The average Bonchev–Trinajstić information content (AvgIpc) is 3.10. The summed E-state index contributed by atoms with van der Waals surface area (Å²) < 4.78 is 26.9. The summed E-state index contributed by atoms with van der Waals surface area (Å²) in [5, 5.41) is 10.2. The number of likely N-dealkylation sites (tertiary alicyclic amines) is 1. The summed E-state index contributed by atoms with van der Waals surface area (Å²) in [6.07, 6.45) is 1.82. The van der Waals surface area contributed by atoms with Crippen LogP contribution in [0.2, 0.25) is 0 Å². The molecule has 6 nitrogen and oxygen atoms in total. The van der Waals surface area contributed by atoms with Gasteiger partial charge in [0.25, 0.3) is 0 Å². The van der Waals surface area contributed by atoms with E-state index in [1.807, 2.05) is 12.1 Å². The van der Waals surface area contributed by atoms with E-state index in [1.165, 1.54) is 12.1 Å². The number of piperidine rings is 1. The quantitative estimate of drug-likeness (QED) is 0.702. The number of carboxylic acid groups (broad SMARTS) is 1. The Morgan fingerprint density at radius 3 is 2.39 bits per heavy atom. The molecule has 1 fully saturated rings. The molecule has 0 bridgehead atoms. The van der Waals surface area contributed by atoms with E-state index >= 15 is 0 Å². The Morgan fingerprint density at radius 2 is 1.75 bits per heavy atom. The van der Waals surface area contributed by atoms with E-state index in [0.29, 0.717) is 10.9 Å². The van der Waals surface area contributed by atoms with Gasteiger partial charge in [-0.05, 0) is 62.7 Å². The van der Waals surface area contributed by atoms with E-state index in [9.17, 15) is 18.3 Å². The van der Waals surface area contributed by atoms with Crippen molar-refractivity contribution in [2.75, 3.05) is 20.1 Å². The number of hydrogen-bond donors (Lipinski definition) is 2. The lowest BCUT2D eigenvalue weighted by Crippen LogP contribution is -2.29. The zero-order chi connectivity index (χ0) is 19.9. The largest absolute Gasteiger partial charge is 0.477 e. The highest BCUT2D eigenvalue weighted by atomic mass is 32.2. The molecule has 0 unspecified atom stereocenters. The molecule has 1 aliphatic rings. The van der Waals surface area contributed by atoms with Crippen molar-refractivity contribution in [3.05, 3.63) is 59.8 Å². The standard InChI is InChI=1S/C21H22N2O4S/c1-23-12-10-14(11-13-23)16-8-5-9-17-18(16)20(19(22-17)21(24)25)28(26,27)15-6-3-2-4-7-15/h2-9,14,22H,10-13H2,1H3,(H,24,25). The number of benzene rings is 2. The molecule has 2 aromatic carbocycles. The molecule has 3 aromatic rings. The van der Waals surface area contributed by atoms with Crippen molar-refractivity contribution in [3.63, 3.8) is 0 Å². The number of aromatic carboxylic acids is 1. The predicted molar refractivity (Wildman–Crippen MR) is 107 cm³/mol. The summed E-state index contributed by atoms with van der Waals surface area (Å²) in [5.41, 5.74) is 1.17. The van der Waals surface area contributed by atoms with Crippen molar-refractivity contribution in [2.45, 2.75) is 28.6 Å². The number of nitrogens with zero attached hydrogens (tertiary/aromatic N) is 1. The van der Waals surface area contributed by atoms with Gasteiger partial charge in [-0.25, -0.2) is 13.2 Å². The van der Waals surface area contributed by atoms with Crippen LogP contribution in [0.15, 0.2) is 58.3 Å². The Bertz CT molecular complexity index is 1130. The van der Waals surface area contributed by atoms with Gasteiger partial charge in [0, 0.05) is 10.9 Å². The van der Waals surface area contributed by atoms with Gasteiger partial charge in [0.15, 0.2) is 0 Å². The minimum absolute atomic E-state index is 0.0941. The smallest absolute Gasteiger partial charge is 0.353 e. The molecule has 0 saturated carbocycles. The molecule has 28 heavy (non-hydrogen) atoms. The van der Waals surface area contributed by atoms with Crippen LogP contribution in [0.4, 0.5) is 0 Å². The lowest BCUT2D eigenvalue weighted by Gasteiger charge is -2.29. The molecule has 7 heteroatoms. The number of H-pyrrole nitrogens is 1. The number of nitrogens with one attached hydrogen (secondary N) is 1. The molecule has 1 aliphatic heterocycles. The Morgan fingerprint density at radius 1 is 1.07 bits per heavy atom. The van der Waals surface area contributed by atoms with E-state index in [0.717, 1.165) is 31.5 Å². The zero-order valence-electron chi connectivity index (χ0n) is 15.6. The van der Waals surface area contributed by atoms with Gasteiger partial charge in [-0.1, -0.05) is 30.3 Å². The number of carboxylic acids is 1. The Balaban J connectivity index is 1.99. The molecule has 0 aliphatic carbocycles. The maximum atomic E-state index is 13.4. The van der Waals surface area contributed by atoms with Crippen molar-refractivity contribution in [2.24, 2.45) is 0 Å². The first-order chi connectivity index (χ1) is 13.4.